The van der Waals surface area contributed by atoms with Crippen LogP contribution in [-0.4, -0.2) is 31.5 Å². The number of aryl methyl sites for hydroxylation is 2. The van der Waals surface area contributed by atoms with E-state index in [0.29, 0.717) is 47.7 Å². The van der Waals surface area contributed by atoms with Crippen LogP contribution in [0.4, 0.5) is 5.95 Å². The van der Waals surface area contributed by atoms with Gasteiger partial charge in [0.15, 0.2) is 0 Å². The Hall–Kier alpha value is -4.00. The van der Waals surface area contributed by atoms with Gasteiger partial charge in [0.25, 0.3) is 0 Å². The normalized spacial score (nSPS) is 10.9. The molecule has 3 heterocycles. The summed E-state index contributed by atoms with van der Waals surface area (Å²) >= 11 is 7.78. The number of nitrogens with zero attached hydrogens (tertiary/aromatic N) is 6. The molecule has 0 fully saturated rings. The highest BCUT2D eigenvalue weighted by molar-refractivity contribution is 7.17. The third-order valence-electron chi connectivity index (χ3n) is 5.60. The minimum atomic E-state index is 0.475. The molecule has 0 unspecified atom stereocenters. The Bertz CT molecular complexity index is 1560. The largest absolute Gasteiger partial charge is 0.437 e. The van der Waals surface area contributed by atoms with E-state index in [1.807, 2.05) is 67.9 Å². The molecular formula is C26H22ClN7OS. The SMILES string of the molecule is Cc1cc(C#N)cc(C)c1Oc1nc(NCCc2cn(Cc3ccccc3Cl)nn2)nc2ccsc12. The van der Waals surface area contributed by atoms with Crippen LogP contribution in [0.25, 0.3) is 10.2 Å². The molecule has 5 rings (SSSR count). The third-order valence-corrected chi connectivity index (χ3v) is 6.86. The summed E-state index contributed by atoms with van der Waals surface area (Å²) in [6.45, 7) is 4.99. The number of thiophene rings is 1. The molecule has 5 aromatic rings. The first-order valence-corrected chi connectivity index (χ1v) is 12.6. The quantitative estimate of drug-likeness (QED) is 0.273. The fourth-order valence-electron chi connectivity index (χ4n) is 3.89. The Labute approximate surface area is 217 Å². The Morgan fingerprint density at radius 3 is 2.72 bits per heavy atom. The van der Waals surface area contributed by atoms with E-state index in [-0.39, 0.29) is 0 Å². The van der Waals surface area contributed by atoms with Gasteiger partial charge in [0.2, 0.25) is 11.8 Å². The molecule has 180 valence electrons. The highest BCUT2D eigenvalue weighted by Gasteiger charge is 2.15. The molecule has 0 radical (unpaired) electrons. The van der Waals surface area contributed by atoms with Gasteiger partial charge in [-0.05, 0) is 60.2 Å². The van der Waals surface area contributed by atoms with Gasteiger partial charge in [-0.1, -0.05) is 35.0 Å². The number of rotatable bonds is 8. The molecule has 2 aromatic carbocycles. The number of anilines is 1. The van der Waals surface area contributed by atoms with Gasteiger partial charge in [-0.15, -0.1) is 16.4 Å². The zero-order valence-electron chi connectivity index (χ0n) is 19.7. The van der Waals surface area contributed by atoms with Crippen molar-refractivity contribution >= 4 is 39.1 Å². The second kappa shape index (κ2) is 10.3. The Kier molecular flexibility index (Phi) is 6.80. The smallest absolute Gasteiger partial charge is 0.242 e. The number of hydrogen-bond donors (Lipinski definition) is 1. The summed E-state index contributed by atoms with van der Waals surface area (Å²) in [5.74, 6) is 1.66. The van der Waals surface area contributed by atoms with E-state index in [9.17, 15) is 5.26 Å². The maximum atomic E-state index is 9.23. The summed E-state index contributed by atoms with van der Waals surface area (Å²) in [5, 5.41) is 23.7. The predicted octanol–water partition coefficient (Wildman–Crippen LogP) is 5.92. The number of benzene rings is 2. The van der Waals surface area contributed by atoms with E-state index < -0.39 is 0 Å². The molecule has 8 nitrogen and oxygen atoms in total. The monoisotopic (exact) mass is 515 g/mol. The maximum absolute atomic E-state index is 9.23. The van der Waals surface area contributed by atoms with Crippen LogP contribution in [0.1, 0.15) is 27.9 Å². The lowest BCUT2D eigenvalue weighted by Crippen LogP contribution is -2.09. The highest BCUT2D eigenvalue weighted by Crippen LogP contribution is 2.35. The van der Waals surface area contributed by atoms with Crippen molar-refractivity contribution in [1.82, 2.24) is 25.0 Å². The molecule has 0 bridgehead atoms. The first kappa shape index (κ1) is 23.7. The summed E-state index contributed by atoms with van der Waals surface area (Å²) in [7, 11) is 0. The standard InChI is InChI=1S/C26H22ClN7OS/c1-16-11-18(13-28)12-17(2)23(16)35-25-24-22(8-10-36-24)30-26(31-25)29-9-7-20-15-34(33-32-20)14-19-5-3-4-6-21(19)27/h3-6,8,10-12,15H,7,9,14H2,1-2H3,(H,29,30,31). The molecular weight excluding hydrogens is 494 g/mol. The number of halogens is 1. The van der Waals surface area contributed by atoms with Gasteiger partial charge in [-0.3, -0.25) is 0 Å². The number of ether oxygens (including phenoxy) is 1. The molecule has 0 saturated carbocycles. The van der Waals surface area contributed by atoms with Crippen LogP contribution in [0.3, 0.4) is 0 Å². The maximum Gasteiger partial charge on any atom is 0.242 e. The van der Waals surface area contributed by atoms with Crippen LogP contribution >= 0.6 is 22.9 Å². The van der Waals surface area contributed by atoms with E-state index in [4.69, 9.17) is 16.3 Å². The molecule has 0 amide bonds. The van der Waals surface area contributed by atoms with Gasteiger partial charge in [0.05, 0.1) is 29.4 Å². The zero-order chi connectivity index (χ0) is 25.1. The van der Waals surface area contributed by atoms with Gasteiger partial charge >= 0.3 is 0 Å². The molecule has 0 saturated heterocycles. The first-order chi connectivity index (χ1) is 17.5. The van der Waals surface area contributed by atoms with Gasteiger partial charge in [0.1, 0.15) is 10.4 Å². The Morgan fingerprint density at radius 1 is 1.14 bits per heavy atom. The van der Waals surface area contributed by atoms with Crippen molar-refractivity contribution in [1.29, 1.82) is 5.26 Å². The minimum absolute atomic E-state index is 0.475. The summed E-state index contributed by atoms with van der Waals surface area (Å²) in [6, 6.07) is 15.5. The van der Waals surface area contributed by atoms with E-state index >= 15 is 0 Å². The number of nitrogens with one attached hydrogen (secondary N) is 1. The van der Waals surface area contributed by atoms with Crippen LogP contribution < -0.4 is 10.1 Å². The molecule has 10 heteroatoms. The van der Waals surface area contributed by atoms with Gasteiger partial charge in [-0.25, -0.2) is 9.67 Å². The van der Waals surface area contributed by atoms with Crippen molar-refractivity contribution in [3.8, 4) is 17.7 Å². The summed E-state index contributed by atoms with van der Waals surface area (Å²) in [6.07, 6.45) is 2.57. The van der Waals surface area contributed by atoms with Crippen LogP contribution in [0.5, 0.6) is 11.6 Å². The Morgan fingerprint density at radius 2 is 1.94 bits per heavy atom. The van der Waals surface area contributed by atoms with E-state index in [2.05, 4.69) is 31.7 Å². The van der Waals surface area contributed by atoms with Gasteiger partial charge in [0, 0.05) is 24.2 Å². The first-order valence-electron chi connectivity index (χ1n) is 11.3. The fourth-order valence-corrected chi connectivity index (χ4v) is 4.84. The number of hydrogen-bond acceptors (Lipinski definition) is 8. The van der Waals surface area contributed by atoms with Gasteiger partial charge in [-0.2, -0.15) is 10.2 Å². The van der Waals surface area contributed by atoms with Crippen molar-refractivity contribution in [3.63, 3.8) is 0 Å². The lowest BCUT2D eigenvalue weighted by Gasteiger charge is -2.13. The van der Waals surface area contributed by atoms with Crippen molar-refractivity contribution in [2.24, 2.45) is 0 Å². The van der Waals surface area contributed by atoms with Crippen LogP contribution in [0.15, 0.2) is 54.0 Å². The Balaban J connectivity index is 1.28. The molecule has 1 N–H and O–H groups in total. The molecule has 0 atom stereocenters. The van der Waals surface area contributed by atoms with Crippen molar-refractivity contribution in [2.75, 3.05) is 11.9 Å². The molecule has 0 spiro atoms. The zero-order valence-corrected chi connectivity index (χ0v) is 21.3. The van der Waals surface area contributed by atoms with E-state index in [1.54, 1.807) is 4.68 Å². The highest BCUT2D eigenvalue weighted by atomic mass is 35.5. The van der Waals surface area contributed by atoms with Crippen molar-refractivity contribution < 1.29 is 4.74 Å². The van der Waals surface area contributed by atoms with E-state index in [1.165, 1.54) is 11.3 Å². The average Bonchev–Trinajstić information content (AvgIpc) is 3.52. The van der Waals surface area contributed by atoms with Crippen LogP contribution in [0, 0.1) is 25.2 Å². The molecule has 0 aliphatic heterocycles. The van der Waals surface area contributed by atoms with Crippen LogP contribution in [0.2, 0.25) is 5.02 Å². The molecule has 0 aliphatic carbocycles. The molecule has 0 aliphatic rings. The fraction of sp³-hybridized carbons (Fsp3) is 0.192. The van der Waals surface area contributed by atoms with Crippen molar-refractivity contribution in [2.45, 2.75) is 26.8 Å². The molecule has 36 heavy (non-hydrogen) atoms. The number of fused-ring (bicyclic) bond motifs is 1. The second-order valence-corrected chi connectivity index (χ2v) is 9.64. The minimum Gasteiger partial charge on any atom is -0.437 e. The summed E-state index contributed by atoms with van der Waals surface area (Å²) in [4.78, 5) is 9.26. The number of nitriles is 1. The topological polar surface area (TPSA) is 102 Å². The van der Waals surface area contributed by atoms with Gasteiger partial charge < -0.3 is 10.1 Å². The summed E-state index contributed by atoms with van der Waals surface area (Å²) in [5.41, 5.74) is 5.01. The summed E-state index contributed by atoms with van der Waals surface area (Å²) < 4.78 is 8.90. The van der Waals surface area contributed by atoms with Crippen molar-refractivity contribution in [3.05, 3.63) is 87.0 Å². The third kappa shape index (κ3) is 5.15. The predicted molar refractivity (Wildman–Crippen MR) is 141 cm³/mol. The molecule has 3 aromatic heterocycles. The lowest BCUT2D eigenvalue weighted by atomic mass is 10.1. The average molecular weight is 516 g/mol. The number of aromatic nitrogens is 5. The second-order valence-electron chi connectivity index (χ2n) is 8.32. The lowest BCUT2D eigenvalue weighted by molar-refractivity contribution is 0.462. The van der Waals surface area contributed by atoms with E-state index in [0.717, 1.165) is 32.6 Å². The van der Waals surface area contributed by atoms with Crippen LogP contribution in [-0.2, 0) is 13.0 Å².